The van der Waals surface area contributed by atoms with Gasteiger partial charge in [0.2, 0.25) is 0 Å². The zero-order valence-corrected chi connectivity index (χ0v) is 11.3. The normalized spacial score (nSPS) is 31.6. The lowest BCUT2D eigenvalue weighted by atomic mass is 9.88. The number of thioether (sulfide) groups is 1. The van der Waals surface area contributed by atoms with Crippen LogP contribution in [-0.4, -0.2) is 45.9 Å². The monoisotopic (exact) mass is 297 g/mol. The fraction of sp³-hybridized carbons (Fsp3) is 0.917. The maximum Gasteiger partial charge on any atom is 0.441 e. The van der Waals surface area contributed by atoms with E-state index in [2.05, 4.69) is 4.90 Å². The van der Waals surface area contributed by atoms with E-state index in [1.807, 2.05) is 0 Å². The summed E-state index contributed by atoms with van der Waals surface area (Å²) in [5.41, 5.74) is -4.15. The van der Waals surface area contributed by atoms with Crippen molar-refractivity contribution < 1.29 is 23.1 Å². The van der Waals surface area contributed by atoms with Crippen LogP contribution in [0.2, 0.25) is 0 Å². The fourth-order valence-electron chi connectivity index (χ4n) is 3.43. The molecule has 19 heavy (non-hydrogen) atoms. The number of aliphatic carboxylic acids is 1. The molecule has 0 aromatic carbocycles. The van der Waals surface area contributed by atoms with E-state index in [0.29, 0.717) is 6.54 Å². The average Bonchev–Trinajstić information content (AvgIpc) is 2.51. The van der Waals surface area contributed by atoms with Crippen molar-refractivity contribution in [3.05, 3.63) is 0 Å². The second-order valence-corrected chi connectivity index (χ2v) is 6.51. The first kappa shape index (κ1) is 15.0. The maximum absolute atomic E-state index is 12.1. The van der Waals surface area contributed by atoms with Crippen molar-refractivity contribution in [2.45, 2.75) is 49.7 Å². The van der Waals surface area contributed by atoms with Crippen LogP contribution in [0.4, 0.5) is 13.2 Å². The number of piperidine rings is 1. The Morgan fingerprint density at radius 1 is 1.26 bits per heavy atom. The first-order chi connectivity index (χ1) is 8.85. The average molecular weight is 297 g/mol. The largest absolute Gasteiger partial charge is 0.481 e. The van der Waals surface area contributed by atoms with Crippen molar-refractivity contribution in [1.82, 2.24) is 4.90 Å². The van der Waals surface area contributed by atoms with Crippen LogP contribution >= 0.6 is 11.8 Å². The lowest BCUT2D eigenvalue weighted by molar-refractivity contribution is -0.138. The SMILES string of the molecule is O=C(O)CC1CC2CCC(C1)N2CCSC(F)(F)F. The minimum atomic E-state index is -4.15. The molecule has 2 bridgehead atoms. The molecule has 0 aliphatic carbocycles. The first-order valence-corrected chi connectivity index (χ1v) is 7.52. The van der Waals surface area contributed by atoms with E-state index in [9.17, 15) is 18.0 Å². The topological polar surface area (TPSA) is 40.5 Å². The van der Waals surface area contributed by atoms with Crippen molar-refractivity contribution in [3.8, 4) is 0 Å². The van der Waals surface area contributed by atoms with E-state index >= 15 is 0 Å². The minimum absolute atomic E-state index is 0.0347. The van der Waals surface area contributed by atoms with Gasteiger partial charge in [-0.25, -0.2) is 0 Å². The molecule has 3 nitrogen and oxygen atoms in total. The van der Waals surface area contributed by atoms with Gasteiger partial charge in [0.15, 0.2) is 0 Å². The van der Waals surface area contributed by atoms with E-state index in [1.165, 1.54) is 0 Å². The van der Waals surface area contributed by atoms with Gasteiger partial charge < -0.3 is 5.11 Å². The van der Waals surface area contributed by atoms with Gasteiger partial charge >= 0.3 is 11.5 Å². The van der Waals surface area contributed by atoms with E-state index in [-0.39, 0.29) is 41.9 Å². The molecular weight excluding hydrogens is 279 g/mol. The van der Waals surface area contributed by atoms with Crippen molar-refractivity contribution in [2.24, 2.45) is 5.92 Å². The molecule has 2 rings (SSSR count). The second kappa shape index (κ2) is 5.91. The molecule has 2 heterocycles. The zero-order chi connectivity index (χ0) is 14.0. The molecule has 2 aliphatic rings. The molecule has 7 heteroatoms. The molecule has 0 spiro atoms. The van der Waals surface area contributed by atoms with E-state index in [1.54, 1.807) is 0 Å². The number of fused-ring (bicyclic) bond motifs is 2. The molecule has 0 amide bonds. The lowest BCUT2D eigenvalue weighted by Crippen LogP contribution is -2.44. The fourth-order valence-corrected chi connectivity index (χ4v) is 3.97. The number of hydrogen-bond donors (Lipinski definition) is 1. The summed E-state index contributed by atoms with van der Waals surface area (Å²) in [5.74, 6) is -0.507. The van der Waals surface area contributed by atoms with E-state index in [4.69, 9.17) is 5.11 Å². The van der Waals surface area contributed by atoms with Crippen LogP contribution in [0.25, 0.3) is 0 Å². The summed E-state index contributed by atoms with van der Waals surface area (Å²) in [6.07, 6.45) is 3.83. The molecule has 0 saturated carbocycles. The van der Waals surface area contributed by atoms with Crippen LogP contribution in [0.3, 0.4) is 0 Å². The van der Waals surface area contributed by atoms with Crippen LogP contribution < -0.4 is 0 Å². The Balaban J connectivity index is 1.80. The highest BCUT2D eigenvalue weighted by molar-refractivity contribution is 8.00. The van der Waals surface area contributed by atoms with Gasteiger partial charge in [-0.2, -0.15) is 13.2 Å². The van der Waals surface area contributed by atoms with Crippen LogP contribution in [0.5, 0.6) is 0 Å². The van der Waals surface area contributed by atoms with E-state index < -0.39 is 11.5 Å². The third kappa shape index (κ3) is 4.27. The van der Waals surface area contributed by atoms with E-state index in [0.717, 1.165) is 25.7 Å². The molecule has 2 atom stereocenters. The van der Waals surface area contributed by atoms with Gasteiger partial charge in [-0.1, -0.05) is 0 Å². The molecule has 0 aromatic rings. The number of alkyl halides is 3. The number of halogens is 3. The van der Waals surface area contributed by atoms with Crippen LogP contribution in [0.15, 0.2) is 0 Å². The van der Waals surface area contributed by atoms with Gasteiger partial charge in [0.1, 0.15) is 0 Å². The minimum Gasteiger partial charge on any atom is -0.481 e. The highest BCUT2D eigenvalue weighted by Crippen LogP contribution is 2.40. The van der Waals surface area contributed by atoms with Crippen molar-refractivity contribution in [1.29, 1.82) is 0 Å². The number of carbonyl (C=O) groups is 1. The quantitative estimate of drug-likeness (QED) is 0.847. The number of rotatable bonds is 5. The molecule has 2 unspecified atom stereocenters. The summed E-state index contributed by atoms with van der Waals surface area (Å²) < 4.78 is 36.3. The first-order valence-electron chi connectivity index (χ1n) is 6.53. The zero-order valence-electron chi connectivity index (χ0n) is 10.5. The number of nitrogens with zero attached hydrogens (tertiary/aromatic N) is 1. The third-order valence-corrected chi connectivity index (χ3v) is 4.77. The Labute approximate surface area is 114 Å². The Morgan fingerprint density at radius 3 is 2.32 bits per heavy atom. The summed E-state index contributed by atoms with van der Waals surface area (Å²) in [4.78, 5) is 12.9. The Hall–Kier alpha value is -0.430. The van der Waals surface area contributed by atoms with Gasteiger partial charge in [-0.3, -0.25) is 9.69 Å². The standard InChI is InChI=1S/C12H18F3NO2S/c13-12(14,15)19-4-3-16-9-1-2-10(16)6-8(5-9)7-11(17)18/h8-10H,1-7H2,(H,17,18). The number of carboxylic acids is 1. The Bertz CT molecular complexity index is 323. The van der Waals surface area contributed by atoms with Gasteiger partial charge in [0.25, 0.3) is 0 Å². The van der Waals surface area contributed by atoms with Crippen molar-refractivity contribution >= 4 is 17.7 Å². The molecule has 1 N–H and O–H groups in total. The Morgan fingerprint density at radius 2 is 1.84 bits per heavy atom. The molecule has 0 aromatic heterocycles. The second-order valence-electron chi connectivity index (χ2n) is 5.35. The highest BCUT2D eigenvalue weighted by atomic mass is 32.2. The highest BCUT2D eigenvalue weighted by Gasteiger charge is 2.41. The van der Waals surface area contributed by atoms with Gasteiger partial charge in [-0.15, -0.1) is 0 Å². The summed E-state index contributed by atoms with van der Waals surface area (Å²) in [7, 11) is 0. The molecule has 2 aliphatic heterocycles. The van der Waals surface area contributed by atoms with Crippen LogP contribution in [0.1, 0.15) is 32.1 Å². The molecule has 2 fully saturated rings. The smallest absolute Gasteiger partial charge is 0.441 e. The summed E-state index contributed by atoms with van der Waals surface area (Å²) >= 11 is 0.0347. The molecule has 2 saturated heterocycles. The summed E-state index contributed by atoms with van der Waals surface area (Å²) in [5, 5.41) is 8.81. The number of hydrogen-bond acceptors (Lipinski definition) is 3. The van der Waals surface area contributed by atoms with Crippen LogP contribution in [-0.2, 0) is 4.79 Å². The predicted octanol–water partition coefficient (Wildman–Crippen LogP) is 2.96. The third-order valence-electron chi connectivity index (χ3n) is 4.06. The van der Waals surface area contributed by atoms with Gasteiger partial charge in [0.05, 0.1) is 0 Å². The molecule has 0 radical (unpaired) electrons. The van der Waals surface area contributed by atoms with Gasteiger partial charge in [-0.05, 0) is 43.4 Å². The summed E-state index contributed by atoms with van der Waals surface area (Å²) in [6, 6.07) is 0.578. The van der Waals surface area contributed by atoms with Crippen LogP contribution in [0, 0.1) is 5.92 Å². The Kier molecular flexibility index (Phi) is 4.66. The maximum atomic E-state index is 12.1. The predicted molar refractivity (Wildman–Crippen MR) is 67.0 cm³/mol. The molecule has 110 valence electrons. The number of carboxylic acid groups (broad SMARTS) is 1. The summed E-state index contributed by atoms with van der Waals surface area (Å²) in [6.45, 7) is 0.458. The molecular formula is C12H18F3NO2S. The van der Waals surface area contributed by atoms with Crippen molar-refractivity contribution in [3.63, 3.8) is 0 Å². The van der Waals surface area contributed by atoms with Gasteiger partial charge in [0, 0.05) is 30.8 Å². The van der Waals surface area contributed by atoms with Crippen molar-refractivity contribution in [2.75, 3.05) is 12.3 Å². The lowest BCUT2D eigenvalue weighted by Gasteiger charge is -2.38.